The van der Waals surface area contributed by atoms with Crippen molar-refractivity contribution >= 4 is 6.03 Å². The lowest BCUT2D eigenvalue weighted by Crippen LogP contribution is -2.43. The predicted molar refractivity (Wildman–Crippen MR) is 126 cm³/mol. The summed E-state index contributed by atoms with van der Waals surface area (Å²) in [5.74, 6) is 1.92. The van der Waals surface area contributed by atoms with E-state index in [4.69, 9.17) is 14.6 Å². The van der Waals surface area contributed by atoms with Gasteiger partial charge >= 0.3 is 6.03 Å². The van der Waals surface area contributed by atoms with Crippen LogP contribution in [0.25, 0.3) is 5.69 Å². The molecule has 0 aliphatic heterocycles. The van der Waals surface area contributed by atoms with Crippen molar-refractivity contribution in [1.82, 2.24) is 20.0 Å². The van der Waals surface area contributed by atoms with Gasteiger partial charge in [0.1, 0.15) is 11.5 Å². The number of ether oxygens (including phenoxy) is 2. The van der Waals surface area contributed by atoms with Gasteiger partial charge in [0.15, 0.2) is 0 Å². The first kappa shape index (κ1) is 23.2. The number of aromatic nitrogens is 2. The molecule has 3 rings (SSSR count). The molecule has 0 unspecified atom stereocenters. The Balaban J connectivity index is 2.04. The Hall–Kier alpha value is -3.48. The number of rotatable bonds is 9. The Morgan fingerprint density at radius 2 is 1.84 bits per heavy atom. The first-order valence-corrected chi connectivity index (χ1v) is 10.9. The number of carbonyl (C=O) groups is 1. The van der Waals surface area contributed by atoms with Gasteiger partial charge in [-0.15, -0.1) is 0 Å². The summed E-state index contributed by atoms with van der Waals surface area (Å²) in [7, 11) is 1.62. The minimum Gasteiger partial charge on any atom is -0.497 e. The van der Waals surface area contributed by atoms with E-state index in [-0.39, 0.29) is 12.1 Å². The van der Waals surface area contributed by atoms with Gasteiger partial charge in [-0.25, -0.2) is 9.48 Å². The van der Waals surface area contributed by atoms with Gasteiger partial charge in [0.05, 0.1) is 30.6 Å². The molecule has 0 bridgehead atoms. The highest BCUT2D eigenvalue weighted by molar-refractivity contribution is 5.74. The predicted octanol–water partition coefficient (Wildman–Crippen LogP) is 5.31. The lowest BCUT2D eigenvalue weighted by molar-refractivity contribution is 0.192. The lowest BCUT2D eigenvalue weighted by Gasteiger charge is -2.24. The van der Waals surface area contributed by atoms with E-state index in [9.17, 15) is 4.79 Å². The molecule has 3 aromatic rings. The van der Waals surface area contributed by atoms with Gasteiger partial charge in [0.2, 0.25) is 5.88 Å². The third-order valence-electron chi connectivity index (χ3n) is 4.94. The van der Waals surface area contributed by atoms with Gasteiger partial charge in [-0.1, -0.05) is 31.2 Å². The first-order valence-electron chi connectivity index (χ1n) is 10.9. The van der Waals surface area contributed by atoms with Gasteiger partial charge in [0.25, 0.3) is 0 Å². The highest BCUT2D eigenvalue weighted by Crippen LogP contribution is 2.33. The largest absolute Gasteiger partial charge is 0.497 e. The van der Waals surface area contributed by atoms with Crippen LogP contribution >= 0.6 is 0 Å². The number of para-hydroxylation sites is 1. The summed E-state index contributed by atoms with van der Waals surface area (Å²) in [4.78, 5) is 14.6. The van der Waals surface area contributed by atoms with E-state index in [0.29, 0.717) is 30.5 Å². The number of nitrogens with one attached hydrogen (secondary N) is 1. The Labute approximate surface area is 190 Å². The van der Waals surface area contributed by atoms with Crippen molar-refractivity contribution in [2.75, 3.05) is 13.7 Å². The molecule has 1 aromatic heterocycles. The molecule has 0 spiro atoms. The van der Waals surface area contributed by atoms with Crippen LogP contribution in [0, 0.1) is 6.92 Å². The summed E-state index contributed by atoms with van der Waals surface area (Å²) in [5, 5.41) is 7.75. The monoisotopic (exact) mass is 436 g/mol. The van der Waals surface area contributed by atoms with Crippen LogP contribution in [0.1, 0.15) is 38.4 Å². The van der Waals surface area contributed by atoms with E-state index in [0.717, 1.165) is 23.4 Å². The number of hydrogen-bond donors (Lipinski definition) is 1. The second-order valence-electron chi connectivity index (χ2n) is 7.92. The number of hydrogen-bond acceptors (Lipinski definition) is 4. The van der Waals surface area contributed by atoms with Gasteiger partial charge in [-0.3, -0.25) is 0 Å². The molecule has 0 aliphatic carbocycles. The fourth-order valence-electron chi connectivity index (χ4n) is 3.40. The fraction of sp³-hybridized carbons (Fsp3) is 0.360. The SMILES string of the molecule is CCCN(Cc1c(C)nn(-c2ccccc2)c1Oc1cccc(OC)c1)C(=O)NC(C)C. The molecule has 0 radical (unpaired) electrons. The molecule has 7 heteroatoms. The summed E-state index contributed by atoms with van der Waals surface area (Å²) in [6.07, 6.45) is 0.851. The van der Waals surface area contributed by atoms with Gasteiger partial charge in [0, 0.05) is 18.7 Å². The third-order valence-corrected chi connectivity index (χ3v) is 4.94. The number of urea groups is 1. The maximum absolute atomic E-state index is 12.8. The van der Waals surface area contributed by atoms with Gasteiger partial charge < -0.3 is 19.7 Å². The van der Waals surface area contributed by atoms with Crippen LogP contribution < -0.4 is 14.8 Å². The zero-order chi connectivity index (χ0) is 23.1. The lowest BCUT2D eigenvalue weighted by atomic mass is 10.2. The average Bonchev–Trinajstić information content (AvgIpc) is 3.08. The summed E-state index contributed by atoms with van der Waals surface area (Å²) >= 11 is 0. The molecule has 1 heterocycles. The van der Waals surface area contributed by atoms with E-state index in [1.807, 2.05) is 75.4 Å². The molecular weight excluding hydrogens is 404 g/mol. The maximum Gasteiger partial charge on any atom is 0.317 e. The number of nitrogens with zero attached hydrogens (tertiary/aromatic N) is 3. The minimum atomic E-state index is -0.0963. The second kappa shape index (κ2) is 10.7. The number of methoxy groups -OCH3 is 1. The molecule has 0 saturated carbocycles. The molecule has 170 valence electrons. The van der Waals surface area contributed by atoms with Crippen molar-refractivity contribution in [3.05, 3.63) is 65.9 Å². The molecule has 0 atom stereocenters. The van der Waals surface area contributed by atoms with E-state index < -0.39 is 0 Å². The molecule has 1 N–H and O–H groups in total. The van der Waals surface area contributed by atoms with Crippen LogP contribution in [0.15, 0.2) is 54.6 Å². The highest BCUT2D eigenvalue weighted by atomic mass is 16.5. The van der Waals surface area contributed by atoms with Crippen LogP contribution in [0.2, 0.25) is 0 Å². The number of benzene rings is 2. The number of carbonyl (C=O) groups excluding carboxylic acids is 1. The molecule has 2 aromatic carbocycles. The molecule has 0 aliphatic rings. The van der Waals surface area contributed by atoms with Crippen molar-refractivity contribution in [1.29, 1.82) is 0 Å². The van der Waals surface area contributed by atoms with Crippen molar-refractivity contribution in [2.24, 2.45) is 0 Å². The quantitative estimate of drug-likeness (QED) is 0.493. The standard InChI is InChI=1S/C25H32N4O3/c1-6-15-28(25(30)26-18(2)3)17-23-19(4)27-29(20-11-8-7-9-12-20)24(23)32-22-14-10-13-21(16-22)31-5/h7-14,16,18H,6,15,17H2,1-5H3,(H,26,30). The van der Waals surface area contributed by atoms with E-state index in [2.05, 4.69) is 12.2 Å². The Bertz CT molecular complexity index is 1030. The highest BCUT2D eigenvalue weighted by Gasteiger charge is 2.23. The molecule has 2 amide bonds. The van der Waals surface area contributed by atoms with Crippen LogP contribution in [0.5, 0.6) is 17.4 Å². The zero-order valence-corrected chi connectivity index (χ0v) is 19.5. The smallest absolute Gasteiger partial charge is 0.317 e. The summed E-state index contributed by atoms with van der Waals surface area (Å²) < 4.78 is 13.5. The Kier molecular flexibility index (Phi) is 7.76. The summed E-state index contributed by atoms with van der Waals surface area (Å²) in [6.45, 7) is 8.94. The Morgan fingerprint density at radius 1 is 1.12 bits per heavy atom. The fourth-order valence-corrected chi connectivity index (χ4v) is 3.40. The van der Waals surface area contributed by atoms with Gasteiger partial charge in [-0.05, 0) is 51.5 Å². The topological polar surface area (TPSA) is 68.6 Å². The van der Waals surface area contributed by atoms with Crippen LogP contribution in [-0.2, 0) is 6.54 Å². The maximum atomic E-state index is 12.8. The van der Waals surface area contributed by atoms with E-state index >= 15 is 0 Å². The molecule has 0 fully saturated rings. The molecule has 0 saturated heterocycles. The van der Waals surface area contributed by atoms with Crippen LogP contribution in [0.3, 0.4) is 0 Å². The molecule has 7 nitrogen and oxygen atoms in total. The molecular formula is C25H32N4O3. The number of amides is 2. The average molecular weight is 437 g/mol. The van der Waals surface area contributed by atoms with Crippen molar-refractivity contribution in [3.8, 4) is 23.1 Å². The first-order chi connectivity index (χ1) is 15.4. The summed E-state index contributed by atoms with van der Waals surface area (Å²) in [5.41, 5.74) is 2.56. The van der Waals surface area contributed by atoms with Gasteiger partial charge in [-0.2, -0.15) is 5.10 Å². The van der Waals surface area contributed by atoms with Crippen LogP contribution in [0.4, 0.5) is 4.79 Å². The van der Waals surface area contributed by atoms with E-state index in [1.165, 1.54) is 0 Å². The van der Waals surface area contributed by atoms with Crippen LogP contribution in [-0.4, -0.2) is 40.4 Å². The molecule has 32 heavy (non-hydrogen) atoms. The van der Waals surface area contributed by atoms with Crippen molar-refractivity contribution < 1.29 is 14.3 Å². The normalized spacial score (nSPS) is 10.8. The Morgan fingerprint density at radius 3 is 2.50 bits per heavy atom. The van der Waals surface area contributed by atoms with Crippen molar-refractivity contribution in [3.63, 3.8) is 0 Å². The third kappa shape index (κ3) is 5.60. The van der Waals surface area contributed by atoms with Crippen molar-refractivity contribution in [2.45, 2.75) is 46.7 Å². The van der Waals surface area contributed by atoms with E-state index in [1.54, 1.807) is 16.7 Å². The minimum absolute atomic E-state index is 0.0579. The summed E-state index contributed by atoms with van der Waals surface area (Å²) in [6, 6.07) is 17.2. The second-order valence-corrected chi connectivity index (χ2v) is 7.92. The zero-order valence-electron chi connectivity index (χ0n) is 19.5. The number of aryl methyl sites for hydroxylation is 1.